The molecule has 0 saturated carbocycles. The zero-order valence-corrected chi connectivity index (χ0v) is 12.1. The average molecular weight is 289 g/mol. The fourth-order valence-corrected chi connectivity index (χ4v) is 2.82. The second kappa shape index (κ2) is 5.88. The number of nitrogens with one attached hydrogen (secondary N) is 1. The molecule has 0 fully saturated rings. The van der Waals surface area contributed by atoms with Crippen LogP contribution in [-0.4, -0.2) is 17.0 Å². The van der Waals surface area contributed by atoms with Gasteiger partial charge in [0.15, 0.2) is 0 Å². The van der Waals surface area contributed by atoms with Gasteiger partial charge in [-0.1, -0.05) is 6.92 Å². The highest BCUT2D eigenvalue weighted by Crippen LogP contribution is 2.21. The Morgan fingerprint density at radius 3 is 2.65 bits per heavy atom. The lowest BCUT2D eigenvalue weighted by molar-refractivity contribution is 0.0696. The summed E-state index contributed by atoms with van der Waals surface area (Å²) in [6.45, 7) is 3.78. The molecule has 2 rings (SSSR count). The number of carbonyl (C=O) groups excluding carboxylic acids is 1. The summed E-state index contributed by atoms with van der Waals surface area (Å²) in [5.74, 6) is -1.12. The van der Waals surface area contributed by atoms with E-state index < -0.39 is 5.97 Å². The van der Waals surface area contributed by atoms with Crippen molar-refractivity contribution in [3.63, 3.8) is 0 Å². The molecule has 20 heavy (non-hydrogen) atoms. The lowest BCUT2D eigenvalue weighted by Crippen LogP contribution is -2.13. The van der Waals surface area contributed by atoms with Crippen LogP contribution in [0.3, 0.4) is 0 Å². The zero-order chi connectivity index (χ0) is 14.7. The topological polar surface area (TPSA) is 66.4 Å². The normalized spacial score (nSPS) is 10.3. The Hall–Kier alpha value is -2.14. The molecule has 1 heterocycles. The van der Waals surface area contributed by atoms with Crippen molar-refractivity contribution in [1.82, 2.24) is 0 Å². The van der Waals surface area contributed by atoms with E-state index in [9.17, 15) is 9.59 Å². The molecule has 1 aromatic heterocycles. The van der Waals surface area contributed by atoms with Crippen molar-refractivity contribution in [2.45, 2.75) is 20.3 Å². The highest BCUT2D eigenvalue weighted by molar-refractivity contribution is 7.12. The van der Waals surface area contributed by atoms with Gasteiger partial charge in [-0.15, -0.1) is 11.3 Å². The molecule has 1 aromatic carbocycles. The van der Waals surface area contributed by atoms with Crippen molar-refractivity contribution >= 4 is 28.9 Å². The molecule has 0 aliphatic rings. The van der Waals surface area contributed by atoms with Gasteiger partial charge in [0.1, 0.15) is 0 Å². The van der Waals surface area contributed by atoms with Gasteiger partial charge in [-0.05, 0) is 54.1 Å². The molecule has 1 amide bonds. The summed E-state index contributed by atoms with van der Waals surface area (Å²) in [6, 6.07) is 6.60. The van der Waals surface area contributed by atoms with Crippen LogP contribution in [0.2, 0.25) is 0 Å². The lowest BCUT2D eigenvalue weighted by Gasteiger charge is -2.09. The quantitative estimate of drug-likeness (QED) is 0.904. The van der Waals surface area contributed by atoms with Gasteiger partial charge in [-0.3, -0.25) is 4.79 Å². The number of rotatable bonds is 4. The van der Waals surface area contributed by atoms with Gasteiger partial charge in [0.05, 0.1) is 10.4 Å². The number of anilines is 1. The third-order valence-corrected chi connectivity index (χ3v) is 4.01. The van der Waals surface area contributed by atoms with E-state index in [1.54, 1.807) is 19.1 Å². The number of aromatic carboxylic acids is 1. The van der Waals surface area contributed by atoms with Crippen molar-refractivity contribution in [2.75, 3.05) is 5.32 Å². The van der Waals surface area contributed by atoms with E-state index in [-0.39, 0.29) is 11.5 Å². The molecule has 2 N–H and O–H groups in total. The zero-order valence-electron chi connectivity index (χ0n) is 11.3. The second-order valence-corrected chi connectivity index (χ2v) is 5.33. The van der Waals surface area contributed by atoms with Crippen LogP contribution in [0.5, 0.6) is 0 Å². The predicted molar refractivity (Wildman–Crippen MR) is 79.8 cm³/mol. The first-order valence-corrected chi connectivity index (χ1v) is 7.12. The summed E-state index contributed by atoms with van der Waals surface area (Å²) in [5, 5.41) is 13.6. The number of amides is 1. The van der Waals surface area contributed by atoms with E-state index in [4.69, 9.17) is 5.11 Å². The van der Waals surface area contributed by atoms with Crippen LogP contribution in [-0.2, 0) is 6.42 Å². The Balaban J connectivity index is 2.22. The molecule has 0 aliphatic heterocycles. The highest BCUT2D eigenvalue weighted by Gasteiger charge is 2.14. The molecule has 4 nitrogen and oxygen atoms in total. The van der Waals surface area contributed by atoms with Crippen LogP contribution in [0, 0.1) is 6.92 Å². The Kier molecular flexibility index (Phi) is 4.20. The van der Waals surface area contributed by atoms with Crippen molar-refractivity contribution in [1.29, 1.82) is 0 Å². The first kappa shape index (κ1) is 14.3. The molecule has 0 atom stereocenters. The van der Waals surface area contributed by atoms with E-state index in [1.165, 1.54) is 17.4 Å². The Morgan fingerprint density at radius 2 is 2.05 bits per heavy atom. The monoisotopic (exact) mass is 289 g/mol. The fraction of sp³-hybridized carbons (Fsp3) is 0.200. The number of aryl methyl sites for hydroxylation is 2. The molecule has 0 radical (unpaired) electrons. The maximum absolute atomic E-state index is 12.2. The second-order valence-electron chi connectivity index (χ2n) is 4.42. The largest absolute Gasteiger partial charge is 0.478 e. The molecule has 0 bridgehead atoms. The molecule has 2 aromatic rings. The van der Waals surface area contributed by atoms with Gasteiger partial charge >= 0.3 is 5.97 Å². The van der Waals surface area contributed by atoms with Gasteiger partial charge < -0.3 is 10.4 Å². The van der Waals surface area contributed by atoms with E-state index in [0.717, 1.165) is 17.5 Å². The number of thiophene rings is 1. The van der Waals surface area contributed by atoms with Crippen LogP contribution >= 0.6 is 11.3 Å². The lowest BCUT2D eigenvalue weighted by atomic mass is 10.1. The van der Waals surface area contributed by atoms with Crippen LogP contribution in [0.25, 0.3) is 0 Å². The van der Waals surface area contributed by atoms with E-state index in [2.05, 4.69) is 5.32 Å². The molecule has 0 saturated heterocycles. The number of carboxylic acids is 1. The SMILES string of the molecule is CCc1ccsc1C(=O)Nc1ccc(C(=O)O)cc1C. The molecule has 0 spiro atoms. The maximum Gasteiger partial charge on any atom is 0.335 e. The molecule has 5 heteroatoms. The Morgan fingerprint density at radius 1 is 1.30 bits per heavy atom. The molecule has 0 aliphatic carbocycles. The van der Waals surface area contributed by atoms with Crippen LogP contribution in [0.1, 0.15) is 38.1 Å². The van der Waals surface area contributed by atoms with Gasteiger partial charge in [0.2, 0.25) is 0 Å². The Bertz CT molecular complexity index is 661. The predicted octanol–water partition coefficient (Wildman–Crippen LogP) is 3.57. The van der Waals surface area contributed by atoms with Crippen LogP contribution in [0.4, 0.5) is 5.69 Å². The summed E-state index contributed by atoms with van der Waals surface area (Å²) in [6.07, 6.45) is 0.809. The summed E-state index contributed by atoms with van der Waals surface area (Å²) < 4.78 is 0. The summed E-state index contributed by atoms with van der Waals surface area (Å²) in [4.78, 5) is 23.8. The number of hydrogen-bond acceptors (Lipinski definition) is 3. The minimum atomic E-state index is -0.975. The minimum Gasteiger partial charge on any atom is -0.478 e. The number of carbonyl (C=O) groups is 2. The number of benzene rings is 1. The Labute approximate surface area is 121 Å². The third-order valence-electron chi connectivity index (χ3n) is 3.06. The summed E-state index contributed by atoms with van der Waals surface area (Å²) in [7, 11) is 0. The number of hydrogen-bond donors (Lipinski definition) is 2. The van der Waals surface area contributed by atoms with Gasteiger partial charge in [-0.2, -0.15) is 0 Å². The van der Waals surface area contributed by atoms with Crippen molar-refractivity contribution in [3.8, 4) is 0 Å². The van der Waals surface area contributed by atoms with E-state index in [0.29, 0.717) is 10.6 Å². The first-order chi connectivity index (χ1) is 9.52. The minimum absolute atomic E-state index is 0.150. The smallest absolute Gasteiger partial charge is 0.335 e. The first-order valence-electron chi connectivity index (χ1n) is 6.24. The van der Waals surface area contributed by atoms with Crippen molar-refractivity contribution in [3.05, 3.63) is 51.2 Å². The molecular formula is C15H15NO3S. The van der Waals surface area contributed by atoms with Crippen LogP contribution < -0.4 is 5.32 Å². The fourth-order valence-electron chi connectivity index (χ4n) is 1.93. The molecular weight excluding hydrogens is 274 g/mol. The maximum atomic E-state index is 12.2. The summed E-state index contributed by atoms with van der Waals surface area (Å²) in [5.41, 5.74) is 2.60. The average Bonchev–Trinajstić information content (AvgIpc) is 2.89. The summed E-state index contributed by atoms with van der Waals surface area (Å²) >= 11 is 1.41. The van der Waals surface area contributed by atoms with Crippen LogP contribution in [0.15, 0.2) is 29.6 Å². The highest BCUT2D eigenvalue weighted by atomic mass is 32.1. The van der Waals surface area contributed by atoms with Gasteiger partial charge in [0, 0.05) is 5.69 Å². The molecule has 104 valence electrons. The van der Waals surface area contributed by atoms with Crippen molar-refractivity contribution in [2.24, 2.45) is 0 Å². The van der Waals surface area contributed by atoms with Crippen molar-refractivity contribution < 1.29 is 14.7 Å². The van der Waals surface area contributed by atoms with E-state index >= 15 is 0 Å². The molecule has 0 unspecified atom stereocenters. The third kappa shape index (κ3) is 2.88. The standard InChI is InChI=1S/C15H15NO3S/c1-3-10-6-7-20-13(10)14(17)16-12-5-4-11(15(18)19)8-9(12)2/h4-8H,3H2,1-2H3,(H,16,17)(H,18,19). The van der Waals surface area contributed by atoms with E-state index in [1.807, 2.05) is 18.4 Å². The van der Waals surface area contributed by atoms with Gasteiger partial charge in [-0.25, -0.2) is 4.79 Å². The number of carboxylic acid groups (broad SMARTS) is 1. The van der Waals surface area contributed by atoms with Gasteiger partial charge in [0.25, 0.3) is 5.91 Å².